The molecule has 0 atom stereocenters. The van der Waals surface area contributed by atoms with Crippen LogP contribution in [0.3, 0.4) is 0 Å². The molecule has 5 heteroatoms. The first-order valence-electron chi connectivity index (χ1n) is 5.87. The molecule has 0 fully saturated rings. The number of rotatable bonds is 6. The van der Waals surface area contributed by atoms with Crippen LogP contribution in [0.5, 0.6) is 0 Å². The number of carbonyl (C=O) groups is 1. The second kappa shape index (κ2) is 6.97. The van der Waals surface area contributed by atoms with Gasteiger partial charge in [-0.3, -0.25) is 4.79 Å². The summed E-state index contributed by atoms with van der Waals surface area (Å²) in [6, 6.07) is 0.329. The Bertz CT molecular complexity index is 363. The summed E-state index contributed by atoms with van der Waals surface area (Å²) >= 11 is 7.19. The van der Waals surface area contributed by atoms with Crippen LogP contribution in [0.2, 0.25) is 0 Å². The molecule has 0 aliphatic rings. The Kier molecular flexibility index (Phi) is 5.92. The molecule has 96 valence electrons. The lowest BCUT2D eigenvalue weighted by atomic mass is 10.1. The van der Waals surface area contributed by atoms with Gasteiger partial charge < -0.3 is 4.90 Å². The molecule has 0 spiro atoms. The number of alkyl halides is 1. The summed E-state index contributed by atoms with van der Waals surface area (Å²) in [7, 11) is 1.87. The van der Waals surface area contributed by atoms with Crippen LogP contribution in [0.15, 0.2) is 5.38 Å². The van der Waals surface area contributed by atoms with Gasteiger partial charge in [0.25, 0.3) is 0 Å². The summed E-state index contributed by atoms with van der Waals surface area (Å²) in [4.78, 5) is 18.2. The van der Waals surface area contributed by atoms with Crippen molar-refractivity contribution in [2.24, 2.45) is 0 Å². The lowest BCUT2D eigenvalue weighted by molar-refractivity contribution is -0.131. The van der Waals surface area contributed by atoms with Crippen molar-refractivity contribution >= 4 is 28.8 Å². The third kappa shape index (κ3) is 3.96. The van der Waals surface area contributed by atoms with Crippen molar-refractivity contribution in [2.75, 3.05) is 7.05 Å². The zero-order chi connectivity index (χ0) is 12.8. The zero-order valence-electron chi connectivity index (χ0n) is 10.6. The van der Waals surface area contributed by atoms with Crippen molar-refractivity contribution < 1.29 is 4.79 Å². The minimum atomic E-state index is 0.133. The van der Waals surface area contributed by atoms with Crippen LogP contribution in [0.25, 0.3) is 0 Å². The van der Waals surface area contributed by atoms with E-state index in [0.717, 1.165) is 23.5 Å². The standard InChI is InChI=1S/C12H19ClN2OS/c1-4-10(5-2)15(3)12(16)6-11-14-9(7-13)8-17-11/h8,10H,4-7H2,1-3H3. The number of amides is 1. The van der Waals surface area contributed by atoms with E-state index in [2.05, 4.69) is 18.8 Å². The van der Waals surface area contributed by atoms with Gasteiger partial charge in [0.1, 0.15) is 5.01 Å². The molecule has 0 aliphatic heterocycles. The van der Waals surface area contributed by atoms with Gasteiger partial charge in [0, 0.05) is 18.5 Å². The summed E-state index contributed by atoms with van der Waals surface area (Å²) in [5.41, 5.74) is 0.852. The number of hydrogen-bond donors (Lipinski definition) is 0. The molecule has 1 rings (SSSR count). The third-order valence-corrected chi connectivity index (χ3v) is 4.09. The quantitative estimate of drug-likeness (QED) is 0.747. The van der Waals surface area contributed by atoms with Gasteiger partial charge in [0.2, 0.25) is 5.91 Å². The number of thiazole rings is 1. The van der Waals surface area contributed by atoms with Crippen molar-refractivity contribution in [2.45, 2.75) is 45.0 Å². The van der Waals surface area contributed by atoms with Gasteiger partial charge in [-0.05, 0) is 12.8 Å². The molecule has 0 unspecified atom stereocenters. The Morgan fingerprint density at radius 2 is 2.18 bits per heavy atom. The predicted molar refractivity (Wildman–Crippen MR) is 72.5 cm³/mol. The van der Waals surface area contributed by atoms with E-state index in [4.69, 9.17) is 11.6 Å². The van der Waals surface area contributed by atoms with Gasteiger partial charge in [-0.2, -0.15) is 0 Å². The van der Waals surface area contributed by atoms with Crippen LogP contribution in [-0.4, -0.2) is 28.9 Å². The van der Waals surface area contributed by atoms with E-state index in [1.54, 1.807) is 0 Å². The summed E-state index contributed by atoms with van der Waals surface area (Å²) in [5.74, 6) is 0.543. The predicted octanol–water partition coefficient (Wildman–Crippen LogP) is 3.07. The fraction of sp³-hybridized carbons (Fsp3) is 0.667. The van der Waals surface area contributed by atoms with E-state index in [1.807, 2.05) is 17.3 Å². The first kappa shape index (κ1) is 14.5. The van der Waals surface area contributed by atoms with E-state index in [-0.39, 0.29) is 5.91 Å². The number of aromatic nitrogens is 1. The molecule has 0 aliphatic carbocycles. The number of carbonyl (C=O) groups excluding carboxylic acids is 1. The van der Waals surface area contributed by atoms with Crippen molar-refractivity contribution in [3.05, 3.63) is 16.1 Å². The Labute approximate surface area is 112 Å². The molecule has 0 N–H and O–H groups in total. The summed E-state index contributed by atoms with van der Waals surface area (Å²) in [6.07, 6.45) is 2.36. The molecule has 0 aromatic carbocycles. The van der Waals surface area contributed by atoms with Crippen LogP contribution >= 0.6 is 22.9 Å². The fourth-order valence-corrected chi connectivity index (χ4v) is 2.80. The molecule has 0 radical (unpaired) electrons. The zero-order valence-corrected chi connectivity index (χ0v) is 12.1. The maximum absolute atomic E-state index is 12.0. The van der Waals surface area contributed by atoms with E-state index in [0.29, 0.717) is 18.3 Å². The molecule has 1 heterocycles. The Hall–Kier alpha value is -0.610. The maximum Gasteiger partial charge on any atom is 0.229 e. The van der Waals surface area contributed by atoms with E-state index in [9.17, 15) is 4.79 Å². The Morgan fingerprint density at radius 1 is 1.53 bits per heavy atom. The Morgan fingerprint density at radius 3 is 2.65 bits per heavy atom. The highest BCUT2D eigenvalue weighted by Gasteiger charge is 2.18. The first-order valence-corrected chi connectivity index (χ1v) is 7.28. The highest BCUT2D eigenvalue weighted by molar-refractivity contribution is 7.09. The molecule has 0 saturated carbocycles. The third-order valence-electron chi connectivity index (χ3n) is 2.92. The summed E-state index contributed by atoms with van der Waals surface area (Å²) in [6.45, 7) is 4.21. The minimum absolute atomic E-state index is 0.133. The molecule has 1 aromatic rings. The molecule has 17 heavy (non-hydrogen) atoms. The lowest BCUT2D eigenvalue weighted by Crippen LogP contribution is -2.37. The average molecular weight is 275 g/mol. The van der Waals surface area contributed by atoms with Crippen LogP contribution < -0.4 is 0 Å². The number of halogens is 1. The van der Waals surface area contributed by atoms with Gasteiger partial charge in [-0.1, -0.05) is 13.8 Å². The monoisotopic (exact) mass is 274 g/mol. The van der Waals surface area contributed by atoms with E-state index >= 15 is 0 Å². The Balaban J connectivity index is 2.59. The van der Waals surface area contributed by atoms with Crippen molar-refractivity contribution in [3.63, 3.8) is 0 Å². The SMILES string of the molecule is CCC(CC)N(C)C(=O)Cc1nc(CCl)cs1. The molecule has 3 nitrogen and oxygen atoms in total. The van der Waals surface area contributed by atoms with Crippen LogP contribution in [0, 0.1) is 0 Å². The molecular weight excluding hydrogens is 256 g/mol. The largest absolute Gasteiger partial charge is 0.342 e. The molecule has 0 saturated heterocycles. The van der Waals surface area contributed by atoms with E-state index in [1.165, 1.54) is 11.3 Å². The van der Waals surface area contributed by atoms with Gasteiger partial charge in [0.15, 0.2) is 0 Å². The average Bonchev–Trinajstić information content (AvgIpc) is 2.78. The van der Waals surface area contributed by atoms with Gasteiger partial charge in [-0.15, -0.1) is 22.9 Å². The lowest BCUT2D eigenvalue weighted by Gasteiger charge is -2.25. The van der Waals surface area contributed by atoms with Gasteiger partial charge >= 0.3 is 0 Å². The summed E-state index contributed by atoms with van der Waals surface area (Å²) < 4.78 is 0. The minimum Gasteiger partial charge on any atom is -0.342 e. The highest BCUT2D eigenvalue weighted by atomic mass is 35.5. The van der Waals surface area contributed by atoms with Crippen molar-refractivity contribution in [1.29, 1.82) is 0 Å². The van der Waals surface area contributed by atoms with Crippen molar-refractivity contribution in [3.8, 4) is 0 Å². The van der Waals surface area contributed by atoms with E-state index < -0.39 is 0 Å². The molecule has 0 bridgehead atoms. The molecular formula is C12H19ClN2OS. The van der Waals surface area contributed by atoms with Crippen LogP contribution in [0.4, 0.5) is 0 Å². The fourth-order valence-electron chi connectivity index (χ4n) is 1.79. The first-order chi connectivity index (χ1) is 8.12. The summed E-state index contributed by atoms with van der Waals surface area (Å²) in [5, 5.41) is 2.76. The number of likely N-dealkylation sites (N-methyl/N-ethyl adjacent to an activating group) is 1. The van der Waals surface area contributed by atoms with Crippen molar-refractivity contribution in [1.82, 2.24) is 9.88 Å². The highest BCUT2D eigenvalue weighted by Crippen LogP contribution is 2.14. The molecule has 1 amide bonds. The topological polar surface area (TPSA) is 33.2 Å². The maximum atomic E-state index is 12.0. The second-order valence-corrected chi connectivity index (χ2v) is 5.23. The number of hydrogen-bond acceptors (Lipinski definition) is 3. The van der Waals surface area contributed by atoms with Crippen LogP contribution in [0.1, 0.15) is 37.4 Å². The van der Waals surface area contributed by atoms with Crippen LogP contribution in [-0.2, 0) is 17.1 Å². The second-order valence-electron chi connectivity index (χ2n) is 4.02. The smallest absolute Gasteiger partial charge is 0.229 e. The number of nitrogens with zero attached hydrogens (tertiary/aromatic N) is 2. The van der Waals surface area contributed by atoms with Gasteiger partial charge in [-0.25, -0.2) is 4.98 Å². The normalized spacial score (nSPS) is 10.9. The van der Waals surface area contributed by atoms with Gasteiger partial charge in [0.05, 0.1) is 18.0 Å². The molecule has 1 aromatic heterocycles.